The molecular weight excluding hydrogens is 199 g/mol. The summed E-state index contributed by atoms with van der Waals surface area (Å²) >= 11 is 0. The molecule has 0 aliphatic heterocycles. The molecule has 1 atom stereocenters. The van der Waals surface area contributed by atoms with Crippen LogP contribution in [0, 0.1) is 5.95 Å². The quantitative estimate of drug-likeness (QED) is 0.749. The van der Waals surface area contributed by atoms with E-state index in [0.717, 1.165) is 0 Å². The number of pyridine rings is 1. The van der Waals surface area contributed by atoms with Crippen molar-refractivity contribution in [2.45, 2.75) is 13.0 Å². The van der Waals surface area contributed by atoms with Gasteiger partial charge in [-0.05, 0) is 19.1 Å². The molecule has 82 valence electrons. The van der Waals surface area contributed by atoms with Crippen LogP contribution in [-0.2, 0) is 0 Å². The van der Waals surface area contributed by atoms with Crippen molar-refractivity contribution < 1.29 is 14.3 Å². The van der Waals surface area contributed by atoms with Crippen molar-refractivity contribution in [1.29, 1.82) is 0 Å². The second-order valence-corrected chi connectivity index (χ2v) is 3.38. The minimum atomic E-state index is -0.792. The number of carbonyl (C=O) groups excluding carboxylic acids is 1. The zero-order chi connectivity index (χ0) is 11.4. The van der Waals surface area contributed by atoms with Crippen molar-refractivity contribution in [2.75, 3.05) is 13.6 Å². The molecule has 0 saturated carbocycles. The van der Waals surface area contributed by atoms with Crippen molar-refractivity contribution in [3.8, 4) is 0 Å². The second-order valence-electron chi connectivity index (χ2n) is 3.38. The molecule has 0 aliphatic carbocycles. The zero-order valence-corrected chi connectivity index (χ0v) is 8.64. The number of aliphatic hydroxyl groups excluding tert-OH is 1. The fourth-order valence-electron chi connectivity index (χ4n) is 1.23. The molecule has 0 aliphatic rings. The predicted molar refractivity (Wildman–Crippen MR) is 52.8 cm³/mol. The molecule has 0 radical (unpaired) electrons. The molecule has 1 amide bonds. The first kappa shape index (κ1) is 11.6. The van der Waals surface area contributed by atoms with Crippen molar-refractivity contribution in [1.82, 2.24) is 9.88 Å². The van der Waals surface area contributed by atoms with Crippen LogP contribution in [0.3, 0.4) is 0 Å². The number of likely N-dealkylation sites (N-methyl/N-ethyl adjacent to an activating group) is 1. The van der Waals surface area contributed by atoms with Gasteiger partial charge < -0.3 is 10.0 Å². The van der Waals surface area contributed by atoms with E-state index in [2.05, 4.69) is 4.98 Å². The first-order valence-electron chi connectivity index (χ1n) is 4.56. The monoisotopic (exact) mass is 212 g/mol. The third-order valence-corrected chi connectivity index (χ3v) is 1.87. The molecule has 0 spiro atoms. The Morgan fingerprint density at radius 1 is 1.73 bits per heavy atom. The third-order valence-electron chi connectivity index (χ3n) is 1.87. The highest BCUT2D eigenvalue weighted by molar-refractivity contribution is 5.93. The van der Waals surface area contributed by atoms with Gasteiger partial charge in [-0.25, -0.2) is 4.98 Å². The second kappa shape index (κ2) is 4.84. The van der Waals surface area contributed by atoms with E-state index in [-0.39, 0.29) is 12.1 Å². The van der Waals surface area contributed by atoms with Gasteiger partial charge in [0.15, 0.2) is 0 Å². The van der Waals surface area contributed by atoms with Gasteiger partial charge in [0.25, 0.3) is 5.91 Å². The Hall–Kier alpha value is -1.49. The Bertz CT molecular complexity index is 355. The van der Waals surface area contributed by atoms with E-state index in [1.54, 1.807) is 6.92 Å². The molecule has 1 aromatic rings. The fraction of sp³-hybridized carbons (Fsp3) is 0.400. The number of amides is 1. The standard InChI is InChI=1S/C10H13FN2O2/c1-7(14)6-13(2)10(15)8-4-3-5-12-9(8)11/h3-5,7,14H,6H2,1-2H3. The van der Waals surface area contributed by atoms with Gasteiger partial charge in [0, 0.05) is 19.8 Å². The summed E-state index contributed by atoms with van der Waals surface area (Å²) in [5.74, 6) is -1.28. The summed E-state index contributed by atoms with van der Waals surface area (Å²) in [6.45, 7) is 1.72. The number of halogens is 1. The molecule has 1 heterocycles. The highest BCUT2D eigenvalue weighted by Gasteiger charge is 2.17. The van der Waals surface area contributed by atoms with Crippen molar-refractivity contribution in [3.63, 3.8) is 0 Å². The first-order valence-corrected chi connectivity index (χ1v) is 4.56. The van der Waals surface area contributed by atoms with E-state index in [1.165, 1.54) is 30.3 Å². The summed E-state index contributed by atoms with van der Waals surface area (Å²) in [6.07, 6.45) is 0.638. The van der Waals surface area contributed by atoms with E-state index in [9.17, 15) is 9.18 Å². The van der Waals surface area contributed by atoms with Crippen LogP contribution >= 0.6 is 0 Å². The van der Waals surface area contributed by atoms with Gasteiger partial charge in [-0.15, -0.1) is 0 Å². The molecule has 1 aromatic heterocycles. The van der Waals surface area contributed by atoms with E-state index in [0.29, 0.717) is 0 Å². The number of aromatic nitrogens is 1. The molecule has 1 N–H and O–H groups in total. The van der Waals surface area contributed by atoms with E-state index >= 15 is 0 Å². The number of nitrogens with zero attached hydrogens (tertiary/aromatic N) is 2. The smallest absolute Gasteiger partial charge is 0.258 e. The average Bonchev–Trinajstić information content (AvgIpc) is 2.16. The maximum absolute atomic E-state index is 13.1. The lowest BCUT2D eigenvalue weighted by Crippen LogP contribution is -2.33. The molecule has 0 fully saturated rings. The highest BCUT2D eigenvalue weighted by Crippen LogP contribution is 2.06. The highest BCUT2D eigenvalue weighted by atomic mass is 19.1. The van der Waals surface area contributed by atoms with Crippen LogP contribution in [0.25, 0.3) is 0 Å². The summed E-state index contributed by atoms with van der Waals surface area (Å²) in [7, 11) is 1.50. The molecule has 4 nitrogen and oxygen atoms in total. The normalized spacial score (nSPS) is 12.3. The van der Waals surface area contributed by atoms with Crippen LogP contribution < -0.4 is 0 Å². The fourth-order valence-corrected chi connectivity index (χ4v) is 1.23. The van der Waals surface area contributed by atoms with E-state index in [4.69, 9.17) is 5.11 Å². The minimum Gasteiger partial charge on any atom is -0.392 e. The molecule has 1 rings (SSSR count). The van der Waals surface area contributed by atoms with Gasteiger partial charge in [0.2, 0.25) is 5.95 Å². The van der Waals surface area contributed by atoms with Crippen LogP contribution in [0.4, 0.5) is 4.39 Å². The minimum absolute atomic E-state index is 0.0827. The lowest BCUT2D eigenvalue weighted by Gasteiger charge is -2.18. The SMILES string of the molecule is CC(O)CN(C)C(=O)c1cccnc1F. The average molecular weight is 212 g/mol. The van der Waals surface area contributed by atoms with Gasteiger partial charge in [-0.2, -0.15) is 4.39 Å². The Morgan fingerprint density at radius 3 is 2.93 bits per heavy atom. The third kappa shape index (κ3) is 2.99. The Kier molecular flexibility index (Phi) is 3.74. The topological polar surface area (TPSA) is 53.4 Å². The Morgan fingerprint density at radius 2 is 2.40 bits per heavy atom. The van der Waals surface area contributed by atoms with Gasteiger partial charge >= 0.3 is 0 Å². The maximum atomic E-state index is 13.1. The molecule has 0 bridgehead atoms. The van der Waals surface area contributed by atoms with Gasteiger partial charge in [-0.3, -0.25) is 4.79 Å². The van der Waals surface area contributed by atoms with Crippen molar-refractivity contribution in [3.05, 3.63) is 29.8 Å². The molecular formula is C10H13FN2O2. The molecule has 5 heteroatoms. The summed E-state index contributed by atoms with van der Waals surface area (Å²) in [5, 5.41) is 9.08. The van der Waals surface area contributed by atoms with Crippen LogP contribution in [-0.4, -0.2) is 40.6 Å². The van der Waals surface area contributed by atoms with Gasteiger partial charge in [0.1, 0.15) is 0 Å². The van der Waals surface area contributed by atoms with Gasteiger partial charge in [0.05, 0.1) is 11.7 Å². The molecule has 0 aromatic carbocycles. The summed E-state index contributed by atoms with van der Waals surface area (Å²) < 4.78 is 13.1. The summed E-state index contributed by atoms with van der Waals surface area (Å²) in [6, 6.07) is 2.86. The van der Waals surface area contributed by atoms with Crippen LogP contribution in [0.5, 0.6) is 0 Å². The summed E-state index contributed by atoms with van der Waals surface area (Å²) in [5.41, 5.74) is -0.0827. The van der Waals surface area contributed by atoms with Crippen molar-refractivity contribution in [2.24, 2.45) is 0 Å². The zero-order valence-electron chi connectivity index (χ0n) is 8.64. The van der Waals surface area contributed by atoms with Gasteiger partial charge in [-0.1, -0.05) is 0 Å². The lowest BCUT2D eigenvalue weighted by atomic mass is 10.2. The number of hydrogen-bond acceptors (Lipinski definition) is 3. The molecule has 1 unspecified atom stereocenters. The Labute approximate surface area is 87.4 Å². The first-order chi connectivity index (χ1) is 7.02. The largest absolute Gasteiger partial charge is 0.392 e. The number of aliphatic hydroxyl groups is 1. The predicted octanol–water partition coefficient (Wildman–Crippen LogP) is 0.674. The van der Waals surface area contributed by atoms with Crippen LogP contribution in [0.1, 0.15) is 17.3 Å². The molecule has 0 saturated heterocycles. The number of rotatable bonds is 3. The lowest BCUT2D eigenvalue weighted by molar-refractivity contribution is 0.0698. The number of hydrogen-bond donors (Lipinski definition) is 1. The van der Waals surface area contributed by atoms with Crippen LogP contribution in [0.15, 0.2) is 18.3 Å². The van der Waals surface area contributed by atoms with E-state index in [1.807, 2.05) is 0 Å². The summed E-state index contributed by atoms with van der Waals surface area (Å²) in [4.78, 5) is 16.3. The maximum Gasteiger partial charge on any atom is 0.258 e. The van der Waals surface area contributed by atoms with E-state index < -0.39 is 18.0 Å². The Balaban J connectivity index is 2.81. The molecule has 15 heavy (non-hydrogen) atoms. The number of carbonyl (C=O) groups is 1. The van der Waals surface area contributed by atoms with Crippen LogP contribution in [0.2, 0.25) is 0 Å². The van der Waals surface area contributed by atoms with Crippen molar-refractivity contribution >= 4 is 5.91 Å².